The van der Waals surface area contributed by atoms with Crippen molar-refractivity contribution in [2.75, 3.05) is 6.67 Å². The molecule has 0 aliphatic heterocycles. The van der Waals surface area contributed by atoms with Gasteiger partial charge in [0.1, 0.15) is 11.3 Å². The highest BCUT2D eigenvalue weighted by atomic mass is 79.9. The van der Waals surface area contributed by atoms with Gasteiger partial charge in [-0.1, -0.05) is 0 Å². The van der Waals surface area contributed by atoms with Crippen LogP contribution in [0.3, 0.4) is 0 Å². The van der Waals surface area contributed by atoms with Gasteiger partial charge < -0.3 is 0 Å². The largest absolute Gasteiger partial charge is 0.260 e. The molecule has 0 radical (unpaired) electrons. The van der Waals surface area contributed by atoms with Crippen LogP contribution in [0.1, 0.15) is 11.9 Å². The summed E-state index contributed by atoms with van der Waals surface area (Å²) >= 11 is 3.00. The van der Waals surface area contributed by atoms with E-state index in [2.05, 4.69) is 25.9 Å². The van der Waals surface area contributed by atoms with E-state index < -0.39 is 12.8 Å². The van der Waals surface area contributed by atoms with Crippen LogP contribution in [0.2, 0.25) is 0 Å². The van der Waals surface area contributed by atoms with Crippen LogP contribution in [-0.2, 0) is 0 Å². The molecule has 0 N–H and O–H groups in total. The highest BCUT2D eigenvalue weighted by Gasteiger charge is 2.10. The summed E-state index contributed by atoms with van der Waals surface area (Å²) in [5, 5.41) is 0. The van der Waals surface area contributed by atoms with E-state index in [-0.39, 0.29) is 5.69 Å². The van der Waals surface area contributed by atoms with Gasteiger partial charge in [0.05, 0.1) is 18.1 Å². The predicted molar refractivity (Wildman–Crippen MR) is 39.6 cm³/mol. The minimum atomic E-state index is -1.67. The van der Waals surface area contributed by atoms with Gasteiger partial charge in [0.25, 0.3) is 0 Å². The Morgan fingerprint density at radius 1 is 1.55 bits per heavy atom. The normalized spacial score (nSPS) is 13.0. The molecule has 0 saturated carbocycles. The minimum absolute atomic E-state index is 0.0156. The van der Waals surface area contributed by atoms with E-state index in [0.29, 0.717) is 4.60 Å². The Hall–Kier alpha value is -0.580. The van der Waals surface area contributed by atoms with Crippen LogP contribution in [0.15, 0.2) is 17.0 Å². The maximum Gasteiger partial charge on any atom is 0.172 e. The Labute approximate surface area is 70.8 Å². The third-order valence-corrected chi connectivity index (χ3v) is 1.46. The second kappa shape index (κ2) is 3.71. The van der Waals surface area contributed by atoms with Gasteiger partial charge in [-0.15, -0.1) is 0 Å². The molecule has 1 unspecified atom stereocenters. The summed E-state index contributed by atoms with van der Waals surface area (Å²) < 4.78 is 24.7. The van der Waals surface area contributed by atoms with Gasteiger partial charge in [0.15, 0.2) is 6.17 Å². The monoisotopic (exact) mass is 222 g/mol. The first-order valence-electron chi connectivity index (χ1n) is 2.91. The number of halogens is 3. The van der Waals surface area contributed by atoms with Gasteiger partial charge in [0, 0.05) is 0 Å². The van der Waals surface area contributed by atoms with E-state index in [1.54, 1.807) is 0 Å². The molecule has 0 aliphatic rings. The smallest absolute Gasteiger partial charge is 0.172 e. The number of hydrogen-bond donors (Lipinski definition) is 0. The second-order valence-electron chi connectivity index (χ2n) is 1.89. The zero-order valence-corrected chi connectivity index (χ0v) is 7.05. The fourth-order valence-electron chi connectivity index (χ4n) is 0.586. The van der Waals surface area contributed by atoms with Crippen molar-refractivity contribution in [3.05, 3.63) is 22.7 Å². The zero-order valence-electron chi connectivity index (χ0n) is 5.47. The SMILES string of the molecule is FCC(F)c1cncc(Br)n1. The molecule has 1 atom stereocenters. The molecular formula is C6H5BrF2N2. The fraction of sp³-hybridized carbons (Fsp3) is 0.333. The Morgan fingerprint density at radius 3 is 2.82 bits per heavy atom. The van der Waals surface area contributed by atoms with Crippen molar-refractivity contribution < 1.29 is 8.78 Å². The maximum atomic E-state index is 12.5. The third kappa shape index (κ3) is 2.18. The molecule has 11 heavy (non-hydrogen) atoms. The van der Waals surface area contributed by atoms with E-state index in [9.17, 15) is 8.78 Å². The average Bonchev–Trinajstić information content (AvgIpc) is 2.03. The average molecular weight is 223 g/mol. The molecule has 2 nitrogen and oxygen atoms in total. The number of nitrogens with zero attached hydrogens (tertiary/aromatic N) is 2. The van der Waals surface area contributed by atoms with E-state index in [0.717, 1.165) is 0 Å². The van der Waals surface area contributed by atoms with Crippen LogP contribution in [0.4, 0.5) is 8.78 Å². The standard InChI is InChI=1S/C6H5BrF2N2/c7-6-3-10-2-5(11-6)4(9)1-8/h2-4H,1H2. The molecule has 0 bridgehead atoms. The lowest BCUT2D eigenvalue weighted by molar-refractivity contribution is 0.260. The Bertz CT molecular complexity index is 244. The van der Waals surface area contributed by atoms with Gasteiger partial charge in [-0.25, -0.2) is 13.8 Å². The van der Waals surface area contributed by atoms with Gasteiger partial charge in [-0.2, -0.15) is 0 Å². The summed E-state index contributed by atoms with van der Waals surface area (Å²) in [6.45, 7) is -1.06. The van der Waals surface area contributed by atoms with Gasteiger partial charge in [0.2, 0.25) is 0 Å². The molecule has 0 amide bonds. The Morgan fingerprint density at radius 2 is 2.27 bits per heavy atom. The van der Waals surface area contributed by atoms with Crippen molar-refractivity contribution in [3.8, 4) is 0 Å². The molecule has 0 aliphatic carbocycles. The molecule has 1 aromatic heterocycles. The summed E-state index contributed by atoms with van der Waals surface area (Å²) in [4.78, 5) is 7.32. The molecule has 0 spiro atoms. The third-order valence-electron chi connectivity index (χ3n) is 1.08. The summed E-state index contributed by atoms with van der Waals surface area (Å²) in [6, 6.07) is 0. The first kappa shape index (κ1) is 8.52. The fourth-order valence-corrected chi connectivity index (χ4v) is 0.909. The van der Waals surface area contributed by atoms with Crippen LogP contribution in [0, 0.1) is 0 Å². The number of hydrogen-bond acceptors (Lipinski definition) is 2. The molecule has 1 heterocycles. The summed E-state index contributed by atoms with van der Waals surface area (Å²) in [6.07, 6.45) is 0.948. The van der Waals surface area contributed by atoms with Gasteiger partial charge >= 0.3 is 0 Å². The second-order valence-corrected chi connectivity index (χ2v) is 2.70. The molecular weight excluding hydrogens is 218 g/mol. The minimum Gasteiger partial charge on any atom is -0.260 e. The topological polar surface area (TPSA) is 25.8 Å². The molecule has 0 fully saturated rings. The van der Waals surface area contributed by atoms with Crippen LogP contribution < -0.4 is 0 Å². The first-order valence-corrected chi connectivity index (χ1v) is 3.71. The van der Waals surface area contributed by atoms with E-state index in [1.165, 1.54) is 12.4 Å². The number of alkyl halides is 2. The predicted octanol–water partition coefficient (Wildman–Crippen LogP) is 2.22. The van der Waals surface area contributed by atoms with Gasteiger partial charge in [-0.3, -0.25) is 4.98 Å². The Kier molecular flexibility index (Phi) is 2.87. The molecule has 5 heteroatoms. The lowest BCUT2D eigenvalue weighted by Gasteiger charge is -2.00. The molecule has 1 rings (SSSR count). The summed E-state index contributed by atoms with van der Waals surface area (Å²) in [5.74, 6) is 0. The molecule has 0 aromatic carbocycles. The number of aromatic nitrogens is 2. The molecule has 0 saturated heterocycles. The highest BCUT2D eigenvalue weighted by Crippen LogP contribution is 2.15. The van der Waals surface area contributed by atoms with E-state index in [4.69, 9.17) is 0 Å². The maximum absolute atomic E-state index is 12.5. The van der Waals surface area contributed by atoms with E-state index in [1.807, 2.05) is 0 Å². The molecule has 1 aromatic rings. The van der Waals surface area contributed by atoms with Crippen molar-refractivity contribution in [2.45, 2.75) is 6.17 Å². The quantitative estimate of drug-likeness (QED) is 0.768. The van der Waals surface area contributed by atoms with Crippen LogP contribution >= 0.6 is 15.9 Å². The van der Waals surface area contributed by atoms with Crippen molar-refractivity contribution in [2.24, 2.45) is 0 Å². The lowest BCUT2D eigenvalue weighted by Crippen LogP contribution is -1.98. The summed E-state index contributed by atoms with van der Waals surface area (Å²) in [7, 11) is 0. The van der Waals surface area contributed by atoms with Crippen LogP contribution in [-0.4, -0.2) is 16.6 Å². The zero-order chi connectivity index (χ0) is 8.27. The lowest BCUT2D eigenvalue weighted by atomic mass is 10.3. The van der Waals surface area contributed by atoms with Crippen molar-refractivity contribution in [1.29, 1.82) is 0 Å². The van der Waals surface area contributed by atoms with Crippen molar-refractivity contribution in [1.82, 2.24) is 9.97 Å². The van der Waals surface area contributed by atoms with Crippen LogP contribution in [0.25, 0.3) is 0 Å². The van der Waals surface area contributed by atoms with E-state index >= 15 is 0 Å². The highest BCUT2D eigenvalue weighted by molar-refractivity contribution is 9.10. The van der Waals surface area contributed by atoms with Crippen molar-refractivity contribution >= 4 is 15.9 Å². The Balaban J connectivity index is 2.86. The number of rotatable bonds is 2. The van der Waals surface area contributed by atoms with Crippen LogP contribution in [0.5, 0.6) is 0 Å². The molecule has 60 valence electrons. The first-order chi connectivity index (χ1) is 5.24. The van der Waals surface area contributed by atoms with Gasteiger partial charge in [-0.05, 0) is 15.9 Å². The summed E-state index contributed by atoms with van der Waals surface area (Å²) in [5.41, 5.74) is 0.0156. The van der Waals surface area contributed by atoms with Crippen molar-refractivity contribution in [3.63, 3.8) is 0 Å².